The molecule has 0 unspecified atom stereocenters. The van der Waals surface area contributed by atoms with E-state index in [2.05, 4.69) is 6.07 Å². The first-order chi connectivity index (χ1) is 4.43. The second-order valence-corrected chi connectivity index (χ2v) is 1.88. The Morgan fingerprint density at radius 2 is 1.90 bits per heavy atom. The molecule has 0 atom stereocenters. The Labute approximate surface area is 73.3 Å². The van der Waals surface area contributed by atoms with E-state index in [9.17, 15) is 0 Å². The zero-order chi connectivity index (χ0) is 6.53. The summed E-state index contributed by atoms with van der Waals surface area (Å²) in [5.41, 5.74) is 1.16. The van der Waals surface area contributed by atoms with Crippen molar-refractivity contribution in [3.05, 3.63) is 35.9 Å². The van der Waals surface area contributed by atoms with E-state index >= 15 is 0 Å². The van der Waals surface area contributed by atoms with Gasteiger partial charge in [-0.3, -0.25) is 0 Å². The van der Waals surface area contributed by atoms with Gasteiger partial charge in [-0.15, -0.1) is 0 Å². The van der Waals surface area contributed by atoms with Gasteiger partial charge in [0.25, 0.3) is 0 Å². The minimum Gasteiger partial charge on any atom is -0.396 e. The first-order valence-electron chi connectivity index (χ1n) is 2.99. The molecular weight excluding hydrogens is 119 g/mol. The zero-order valence-electron chi connectivity index (χ0n) is 6.17. The van der Waals surface area contributed by atoms with Crippen LogP contribution in [0.5, 0.6) is 0 Å². The molecule has 1 nitrogen and oxygen atoms in total. The van der Waals surface area contributed by atoms with Gasteiger partial charge in [0.05, 0.1) is 0 Å². The van der Waals surface area contributed by atoms with Gasteiger partial charge in [-0.1, -0.05) is 0 Å². The molecule has 0 aliphatic heterocycles. The fourth-order valence-corrected chi connectivity index (χ4v) is 0.717. The third-order valence-electron chi connectivity index (χ3n) is 1.19. The molecule has 0 heterocycles. The van der Waals surface area contributed by atoms with Crippen LogP contribution in [0.1, 0.15) is 5.56 Å². The molecule has 0 saturated heterocycles. The summed E-state index contributed by atoms with van der Waals surface area (Å²) in [7, 11) is 0. The van der Waals surface area contributed by atoms with Crippen molar-refractivity contribution < 1.29 is 24.0 Å². The first kappa shape index (κ1) is 9.78. The Balaban J connectivity index is 0.000000810. The Kier molecular flexibility index (Phi) is 5.43. The summed E-state index contributed by atoms with van der Waals surface area (Å²) in [4.78, 5) is 0. The number of hydrogen-bond donors (Lipinski definition) is 1. The third kappa shape index (κ3) is 3.08. The molecule has 0 fully saturated rings. The predicted molar refractivity (Wildman–Crippen MR) is 36.1 cm³/mol. The third-order valence-corrected chi connectivity index (χ3v) is 1.19. The van der Waals surface area contributed by atoms with Crippen molar-refractivity contribution in [2.75, 3.05) is 6.61 Å². The second-order valence-electron chi connectivity index (χ2n) is 1.88. The van der Waals surface area contributed by atoms with Crippen LogP contribution in [0.4, 0.5) is 0 Å². The van der Waals surface area contributed by atoms with Crippen molar-refractivity contribution in [3.8, 4) is 0 Å². The average Bonchev–Trinajstić information content (AvgIpc) is 1.91. The van der Waals surface area contributed by atoms with Crippen LogP contribution in [0.15, 0.2) is 24.3 Å². The van der Waals surface area contributed by atoms with Crippen molar-refractivity contribution in [2.24, 2.45) is 0 Å². The molecule has 0 spiro atoms. The van der Waals surface area contributed by atoms with Crippen molar-refractivity contribution in [3.63, 3.8) is 0 Å². The second kappa shape index (κ2) is 5.55. The number of rotatable bonds is 2. The van der Waals surface area contributed by atoms with Gasteiger partial charge in [0, 0.05) is 6.61 Å². The molecule has 0 radical (unpaired) electrons. The Bertz CT molecular complexity index is 162. The molecule has 0 saturated carbocycles. The molecule has 0 aliphatic rings. The van der Waals surface area contributed by atoms with E-state index in [1.54, 1.807) is 0 Å². The van der Waals surface area contributed by atoms with Gasteiger partial charge >= 0.3 is 18.9 Å². The van der Waals surface area contributed by atoms with Crippen LogP contribution in [-0.2, 0) is 6.42 Å². The molecule has 0 aliphatic carbocycles. The summed E-state index contributed by atoms with van der Waals surface area (Å²) < 4.78 is 0. The largest absolute Gasteiger partial charge is 1.00 e. The fraction of sp³-hybridized carbons (Fsp3) is 0.250. The van der Waals surface area contributed by atoms with Crippen LogP contribution in [-0.4, -0.2) is 11.7 Å². The topological polar surface area (TPSA) is 20.2 Å². The monoisotopic (exact) mass is 128 g/mol. The Morgan fingerprint density at radius 3 is 2.40 bits per heavy atom. The number of aliphatic hydroxyl groups excluding tert-OH is 1. The van der Waals surface area contributed by atoms with Crippen molar-refractivity contribution in [1.82, 2.24) is 0 Å². The van der Waals surface area contributed by atoms with Crippen molar-refractivity contribution in [2.45, 2.75) is 6.42 Å². The van der Waals surface area contributed by atoms with Crippen LogP contribution in [0.3, 0.4) is 0 Å². The molecule has 0 amide bonds. The van der Waals surface area contributed by atoms with Gasteiger partial charge in [-0.25, -0.2) is 0 Å². The van der Waals surface area contributed by atoms with E-state index < -0.39 is 0 Å². The molecule has 1 rings (SSSR count). The molecule has 1 aromatic carbocycles. The Morgan fingerprint density at radius 1 is 1.30 bits per heavy atom. The number of benzene rings is 1. The van der Waals surface area contributed by atoms with Gasteiger partial charge in [0.1, 0.15) is 0 Å². The van der Waals surface area contributed by atoms with Crippen LogP contribution >= 0.6 is 0 Å². The standard InChI is InChI=1S/C8H9O.Li/c9-7-6-8-4-2-1-3-5-8;/h2-5,9H,6-7H2;/q-1;+1. The van der Waals surface area contributed by atoms with Gasteiger partial charge in [-0.2, -0.15) is 35.9 Å². The van der Waals surface area contributed by atoms with Crippen molar-refractivity contribution >= 4 is 0 Å². The molecular formula is C8H9LiO. The van der Waals surface area contributed by atoms with Gasteiger partial charge < -0.3 is 5.11 Å². The molecule has 0 aromatic heterocycles. The molecule has 2 heteroatoms. The van der Waals surface area contributed by atoms with Crippen LogP contribution < -0.4 is 18.9 Å². The molecule has 48 valence electrons. The normalized spacial score (nSPS) is 8.50. The average molecular weight is 128 g/mol. The fourth-order valence-electron chi connectivity index (χ4n) is 0.717. The van der Waals surface area contributed by atoms with Crippen molar-refractivity contribution in [1.29, 1.82) is 0 Å². The molecule has 10 heavy (non-hydrogen) atoms. The maximum atomic E-state index is 8.51. The molecule has 0 bridgehead atoms. The van der Waals surface area contributed by atoms with E-state index in [-0.39, 0.29) is 25.5 Å². The summed E-state index contributed by atoms with van der Waals surface area (Å²) in [5, 5.41) is 8.51. The summed E-state index contributed by atoms with van der Waals surface area (Å²) >= 11 is 0. The van der Waals surface area contributed by atoms with Gasteiger partial charge in [-0.05, 0) is 6.42 Å². The van der Waals surface area contributed by atoms with Crippen LogP contribution in [0, 0.1) is 6.07 Å². The zero-order valence-corrected chi connectivity index (χ0v) is 6.17. The minimum absolute atomic E-state index is 0. The van der Waals surface area contributed by atoms with E-state index in [4.69, 9.17) is 5.11 Å². The maximum absolute atomic E-state index is 8.51. The smallest absolute Gasteiger partial charge is 0.396 e. The SMILES string of the molecule is OCCc1cc[c-]cc1.[Li+]. The molecule has 1 aromatic rings. The summed E-state index contributed by atoms with van der Waals surface area (Å²) in [6, 6.07) is 10.5. The number of hydrogen-bond acceptors (Lipinski definition) is 1. The first-order valence-corrected chi connectivity index (χ1v) is 2.99. The summed E-state index contributed by atoms with van der Waals surface area (Å²) in [5.74, 6) is 0. The number of aliphatic hydroxyl groups is 1. The van der Waals surface area contributed by atoms with Crippen LogP contribution in [0.25, 0.3) is 0 Å². The van der Waals surface area contributed by atoms with E-state index in [1.165, 1.54) is 0 Å². The van der Waals surface area contributed by atoms with Gasteiger partial charge in [0.15, 0.2) is 0 Å². The van der Waals surface area contributed by atoms with E-state index in [0.717, 1.165) is 12.0 Å². The summed E-state index contributed by atoms with van der Waals surface area (Å²) in [6.45, 7) is 0.226. The maximum Gasteiger partial charge on any atom is 1.00 e. The minimum atomic E-state index is 0. The van der Waals surface area contributed by atoms with E-state index in [1.807, 2.05) is 24.3 Å². The van der Waals surface area contributed by atoms with E-state index in [0.29, 0.717) is 0 Å². The van der Waals surface area contributed by atoms with Gasteiger partial charge in [0.2, 0.25) is 0 Å². The summed E-state index contributed by atoms with van der Waals surface area (Å²) in [6.07, 6.45) is 0.745. The molecule has 1 N–H and O–H groups in total. The predicted octanol–water partition coefficient (Wildman–Crippen LogP) is -1.97. The quantitative estimate of drug-likeness (QED) is 0.361. The Hall–Kier alpha value is -0.223. The van der Waals surface area contributed by atoms with Crippen LogP contribution in [0.2, 0.25) is 0 Å².